The van der Waals surface area contributed by atoms with Gasteiger partial charge in [0.2, 0.25) is 0 Å². The summed E-state index contributed by atoms with van der Waals surface area (Å²) in [5, 5.41) is 17.6. The number of carbonyl (C=O) groups is 2. The highest BCUT2D eigenvalue weighted by molar-refractivity contribution is 5.89. The van der Waals surface area contributed by atoms with Gasteiger partial charge in [-0.1, -0.05) is 270 Å². The van der Waals surface area contributed by atoms with Gasteiger partial charge in [-0.15, -0.1) is 0 Å². The van der Waals surface area contributed by atoms with Crippen molar-refractivity contribution in [3.8, 4) is 0 Å². The Morgan fingerprint density at radius 1 is 0.410 bits per heavy atom. The Hall–Kier alpha value is -2.66. The van der Waals surface area contributed by atoms with Crippen molar-refractivity contribution in [1.82, 2.24) is 0 Å². The van der Waals surface area contributed by atoms with Crippen LogP contribution in [-0.4, -0.2) is 35.4 Å². The molecule has 0 aromatic heterocycles. The van der Waals surface area contributed by atoms with Crippen molar-refractivity contribution in [1.29, 1.82) is 0 Å². The van der Waals surface area contributed by atoms with Crippen LogP contribution in [0.15, 0.2) is 60.7 Å². The topological polar surface area (TPSA) is 83.8 Å². The lowest BCUT2D eigenvalue weighted by molar-refractivity contribution is 0.0477. The van der Waals surface area contributed by atoms with Crippen molar-refractivity contribution in [3.63, 3.8) is 0 Å². The van der Waals surface area contributed by atoms with Crippen LogP contribution in [0.5, 0.6) is 0 Å². The fraction of sp³-hybridized carbons (Fsp3) is 0.750. The highest BCUT2D eigenvalue weighted by atomic mass is 16.5. The SMILES string of the molecule is CCCCCCCCCCC(CCCCCCCC)CCOC(=O)c1ccccc1.CCCCCCCCCCC(CCO)CCCCCCCC.O=C(O)c1ccccc1. The second kappa shape index (κ2) is 46.8. The molecular weight excluding hydrogens is 753 g/mol. The number of carboxylic acid groups (broad SMARTS) is 1. The standard InChI is InChI=1S/C28H48O2.C21H44O.C7H6O2/c1-3-5-7-9-11-12-14-17-21-26(20-16-13-10-8-6-4-2)24-25-30-28(29)27-22-18-15-19-23-27;1-3-5-7-9-11-12-14-16-18-21(19-20-22)17-15-13-10-8-6-4-2;8-7(9)6-4-2-1-3-5-6/h15,18-19,22-23,26H,3-14,16-17,20-21,24-25H2,1-2H3;21-22H,3-20H2,1-2H3;1-5H,(H,8,9). The molecule has 0 radical (unpaired) electrons. The maximum atomic E-state index is 12.2. The normalized spacial score (nSPS) is 11.8. The Morgan fingerprint density at radius 3 is 1.00 bits per heavy atom. The predicted octanol–water partition coefficient (Wildman–Crippen LogP) is 17.8. The molecule has 0 amide bonds. The van der Waals surface area contributed by atoms with Crippen molar-refractivity contribution in [2.24, 2.45) is 11.8 Å². The van der Waals surface area contributed by atoms with Crippen LogP contribution in [0.2, 0.25) is 0 Å². The van der Waals surface area contributed by atoms with Gasteiger partial charge in [0.05, 0.1) is 17.7 Å². The molecular formula is C56H98O5. The average molecular weight is 851 g/mol. The molecule has 0 saturated carbocycles. The number of carboxylic acids is 1. The first-order valence-corrected chi connectivity index (χ1v) is 26.0. The predicted molar refractivity (Wildman–Crippen MR) is 264 cm³/mol. The first kappa shape index (κ1) is 58.3. The molecule has 2 aromatic carbocycles. The monoisotopic (exact) mass is 851 g/mol. The molecule has 2 rings (SSSR count). The Morgan fingerprint density at radius 2 is 0.705 bits per heavy atom. The number of hydrogen-bond donors (Lipinski definition) is 2. The number of benzene rings is 2. The molecule has 0 heterocycles. The zero-order chi connectivity index (χ0) is 44.7. The zero-order valence-corrected chi connectivity index (χ0v) is 40.5. The number of esters is 1. The summed E-state index contributed by atoms with van der Waals surface area (Å²) < 4.78 is 5.56. The lowest BCUT2D eigenvalue weighted by atomic mass is 9.91. The Bertz CT molecular complexity index is 1170. The van der Waals surface area contributed by atoms with Gasteiger partial charge in [0, 0.05) is 6.61 Å². The van der Waals surface area contributed by atoms with Gasteiger partial charge in [-0.3, -0.25) is 0 Å². The van der Waals surface area contributed by atoms with E-state index in [1.54, 1.807) is 30.3 Å². The van der Waals surface area contributed by atoms with E-state index in [4.69, 9.17) is 9.84 Å². The first-order valence-electron chi connectivity index (χ1n) is 26.0. The van der Waals surface area contributed by atoms with Crippen molar-refractivity contribution < 1.29 is 24.5 Å². The molecule has 0 aliphatic carbocycles. The van der Waals surface area contributed by atoms with Gasteiger partial charge in [-0.25, -0.2) is 9.59 Å². The summed E-state index contributed by atoms with van der Waals surface area (Å²) in [5.41, 5.74) is 0.991. The van der Waals surface area contributed by atoms with E-state index in [9.17, 15) is 14.7 Å². The van der Waals surface area contributed by atoms with Gasteiger partial charge in [-0.05, 0) is 48.9 Å². The number of aromatic carboxylic acids is 1. The lowest BCUT2D eigenvalue weighted by Crippen LogP contribution is -2.11. The van der Waals surface area contributed by atoms with Crippen LogP contribution in [-0.2, 0) is 4.74 Å². The first-order chi connectivity index (χ1) is 29.9. The number of hydrogen-bond acceptors (Lipinski definition) is 4. The molecule has 0 bridgehead atoms. The third-order valence-electron chi connectivity index (χ3n) is 12.2. The van der Waals surface area contributed by atoms with E-state index in [1.807, 2.05) is 30.3 Å². The highest BCUT2D eigenvalue weighted by Gasteiger charge is 2.12. The molecule has 352 valence electrons. The molecule has 2 atom stereocenters. The fourth-order valence-corrected chi connectivity index (χ4v) is 8.17. The number of carbonyl (C=O) groups excluding carboxylic acids is 1. The van der Waals surface area contributed by atoms with Crippen molar-refractivity contribution in [3.05, 3.63) is 71.8 Å². The minimum atomic E-state index is -0.879. The van der Waals surface area contributed by atoms with Crippen LogP contribution in [0.1, 0.15) is 267 Å². The number of aliphatic hydroxyl groups excluding tert-OH is 1. The van der Waals surface area contributed by atoms with Crippen molar-refractivity contribution in [2.75, 3.05) is 13.2 Å². The summed E-state index contributed by atoms with van der Waals surface area (Å²) in [5.74, 6) is 0.438. The average Bonchev–Trinajstić information content (AvgIpc) is 3.28. The van der Waals surface area contributed by atoms with Crippen LogP contribution in [0.4, 0.5) is 0 Å². The van der Waals surface area contributed by atoms with Gasteiger partial charge in [0.1, 0.15) is 0 Å². The second-order valence-electron chi connectivity index (χ2n) is 17.8. The smallest absolute Gasteiger partial charge is 0.338 e. The van der Waals surface area contributed by atoms with Crippen molar-refractivity contribution >= 4 is 11.9 Å². The van der Waals surface area contributed by atoms with E-state index in [1.165, 1.54) is 205 Å². The number of aliphatic hydroxyl groups is 1. The molecule has 5 nitrogen and oxygen atoms in total. The Labute approximate surface area is 378 Å². The molecule has 2 aromatic rings. The van der Waals surface area contributed by atoms with Crippen LogP contribution in [0.3, 0.4) is 0 Å². The van der Waals surface area contributed by atoms with Gasteiger partial charge >= 0.3 is 11.9 Å². The summed E-state index contributed by atoms with van der Waals surface area (Å²) in [6.07, 6.45) is 46.1. The van der Waals surface area contributed by atoms with E-state index < -0.39 is 5.97 Å². The van der Waals surface area contributed by atoms with E-state index in [2.05, 4.69) is 27.7 Å². The maximum absolute atomic E-state index is 12.2. The van der Waals surface area contributed by atoms with Gasteiger partial charge in [0.25, 0.3) is 0 Å². The van der Waals surface area contributed by atoms with Crippen LogP contribution < -0.4 is 0 Å². The molecule has 2 N–H and O–H groups in total. The quantitative estimate of drug-likeness (QED) is 0.0517. The van der Waals surface area contributed by atoms with E-state index >= 15 is 0 Å². The summed E-state index contributed by atoms with van der Waals surface area (Å²) >= 11 is 0. The molecule has 0 aliphatic rings. The lowest BCUT2D eigenvalue weighted by Gasteiger charge is -2.17. The molecule has 61 heavy (non-hydrogen) atoms. The van der Waals surface area contributed by atoms with Crippen molar-refractivity contribution in [2.45, 2.75) is 246 Å². The Balaban J connectivity index is 0.00000101. The number of ether oxygens (including phenoxy) is 1. The minimum absolute atomic E-state index is 0.180. The van der Waals surface area contributed by atoms with E-state index in [-0.39, 0.29) is 5.97 Å². The Kier molecular flexibility index (Phi) is 44.8. The van der Waals surface area contributed by atoms with Crippen LogP contribution in [0.25, 0.3) is 0 Å². The molecule has 5 heteroatoms. The van der Waals surface area contributed by atoms with E-state index in [0.717, 1.165) is 18.8 Å². The summed E-state index contributed by atoms with van der Waals surface area (Å²) in [4.78, 5) is 22.4. The molecule has 0 aliphatic heterocycles. The molecule has 0 spiro atoms. The molecule has 2 unspecified atom stereocenters. The van der Waals surface area contributed by atoms with E-state index in [0.29, 0.717) is 30.3 Å². The summed E-state index contributed by atoms with van der Waals surface area (Å²) in [7, 11) is 0. The minimum Gasteiger partial charge on any atom is -0.478 e. The molecule has 0 saturated heterocycles. The third-order valence-corrected chi connectivity index (χ3v) is 12.2. The molecule has 0 fully saturated rings. The largest absolute Gasteiger partial charge is 0.478 e. The van der Waals surface area contributed by atoms with Gasteiger partial charge in [-0.2, -0.15) is 0 Å². The van der Waals surface area contributed by atoms with Gasteiger partial charge in [0.15, 0.2) is 0 Å². The second-order valence-corrected chi connectivity index (χ2v) is 17.8. The van der Waals surface area contributed by atoms with Crippen LogP contribution >= 0.6 is 0 Å². The van der Waals surface area contributed by atoms with Gasteiger partial charge < -0.3 is 14.9 Å². The number of unbranched alkanes of at least 4 members (excludes halogenated alkanes) is 24. The maximum Gasteiger partial charge on any atom is 0.338 e. The number of rotatable bonds is 39. The fourth-order valence-electron chi connectivity index (χ4n) is 8.17. The summed E-state index contributed by atoms with van der Waals surface area (Å²) in [6.45, 7) is 10.1. The third kappa shape index (κ3) is 39.9. The summed E-state index contributed by atoms with van der Waals surface area (Å²) in [6, 6.07) is 17.7. The highest BCUT2D eigenvalue weighted by Crippen LogP contribution is 2.24. The van der Waals surface area contributed by atoms with Crippen LogP contribution in [0, 0.1) is 11.8 Å². The zero-order valence-electron chi connectivity index (χ0n) is 40.5.